The van der Waals surface area contributed by atoms with E-state index in [1.807, 2.05) is 30.3 Å². The van der Waals surface area contributed by atoms with Crippen LogP contribution in [0.1, 0.15) is 37.6 Å². The molecule has 21 heavy (non-hydrogen) atoms. The van der Waals surface area contributed by atoms with Gasteiger partial charge in [0, 0.05) is 23.1 Å². The van der Waals surface area contributed by atoms with Crippen molar-refractivity contribution >= 4 is 11.8 Å². The number of nitrogens with one attached hydrogen (secondary N) is 1. The molecule has 0 saturated carbocycles. The summed E-state index contributed by atoms with van der Waals surface area (Å²) in [5.74, 6) is 0. The molecule has 2 atom stereocenters. The van der Waals surface area contributed by atoms with Gasteiger partial charge in [0.25, 0.3) is 5.56 Å². The first-order valence-corrected chi connectivity index (χ1v) is 8.05. The van der Waals surface area contributed by atoms with Crippen molar-refractivity contribution in [1.82, 2.24) is 9.97 Å². The minimum atomic E-state index is -0.101. The van der Waals surface area contributed by atoms with Gasteiger partial charge in [0.05, 0.1) is 0 Å². The lowest BCUT2D eigenvalue weighted by atomic mass is 10.1. The minimum Gasteiger partial charge on any atom is -0.323 e. The predicted octanol–water partition coefficient (Wildman–Crippen LogP) is 2.90. The molecule has 1 heterocycles. The van der Waals surface area contributed by atoms with Crippen molar-refractivity contribution < 1.29 is 0 Å². The quantitative estimate of drug-likeness (QED) is 0.636. The van der Waals surface area contributed by atoms with E-state index in [1.165, 1.54) is 11.8 Å². The van der Waals surface area contributed by atoms with Crippen LogP contribution >= 0.6 is 11.8 Å². The number of hydrogen-bond donors (Lipinski definition) is 2. The van der Waals surface area contributed by atoms with Crippen LogP contribution in [-0.2, 0) is 6.42 Å². The molecule has 0 spiro atoms. The number of nitrogens with zero attached hydrogens (tertiary/aromatic N) is 1. The number of H-pyrrole nitrogens is 1. The Kier molecular flexibility index (Phi) is 5.59. The topological polar surface area (TPSA) is 71.8 Å². The highest BCUT2D eigenvalue weighted by molar-refractivity contribution is 7.99. The summed E-state index contributed by atoms with van der Waals surface area (Å²) in [5, 5.41) is 0.761. The van der Waals surface area contributed by atoms with Gasteiger partial charge in [-0.05, 0) is 12.0 Å². The second-order valence-corrected chi connectivity index (χ2v) is 6.42. The molecule has 1 aromatic carbocycles. The molecule has 0 bridgehead atoms. The average Bonchev–Trinajstić information content (AvgIpc) is 2.47. The highest BCUT2D eigenvalue weighted by Gasteiger charge is 2.17. The lowest BCUT2D eigenvalue weighted by Crippen LogP contribution is -2.22. The zero-order valence-electron chi connectivity index (χ0n) is 12.4. The number of benzene rings is 1. The van der Waals surface area contributed by atoms with E-state index in [1.54, 1.807) is 6.07 Å². The van der Waals surface area contributed by atoms with Crippen LogP contribution in [0.25, 0.3) is 0 Å². The van der Waals surface area contributed by atoms with Crippen LogP contribution < -0.4 is 11.3 Å². The Morgan fingerprint density at radius 3 is 2.71 bits per heavy atom. The minimum absolute atomic E-state index is 0.101. The van der Waals surface area contributed by atoms with E-state index in [-0.39, 0.29) is 16.9 Å². The van der Waals surface area contributed by atoms with Crippen LogP contribution in [0.5, 0.6) is 0 Å². The fourth-order valence-corrected chi connectivity index (χ4v) is 3.10. The molecule has 0 aliphatic rings. The maximum absolute atomic E-state index is 11.7. The summed E-state index contributed by atoms with van der Waals surface area (Å²) in [6.45, 7) is 4.12. The van der Waals surface area contributed by atoms with Gasteiger partial charge < -0.3 is 10.7 Å². The molecule has 0 fully saturated rings. The fourth-order valence-electron chi connectivity index (χ4n) is 2.12. The molecule has 3 N–H and O–H groups in total. The molecule has 0 amide bonds. The van der Waals surface area contributed by atoms with E-state index >= 15 is 0 Å². The van der Waals surface area contributed by atoms with Crippen LogP contribution in [0.4, 0.5) is 0 Å². The van der Waals surface area contributed by atoms with Crippen LogP contribution in [-0.4, -0.2) is 15.2 Å². The molecular weight excluding hydrogens is 282 g/mol. The lowest BCUT2D eigenvalue weighted by molar-refractivity contribution is 0.709. The van der Waals surface area contributed by atoms with Gasteiger partial charge in [-0.15, -0.1) is 0 Å². The van der Waals surface area contributed by atoms with Crippen molar-refractivity contribution in [3.63, 3.8) is 0 Å². The maximum Gasteiger partial charge on any atom is 0.251 e. The third kappa shape index (κ3) is 4.44. The van der Waals surface area contributed by atoms with E-state index < -0.39 is 0 Å². The zero-order valence-corrected chi connectivity index (χ0v) is 13.2. The summed E-state index contributed by atoms with van der Waals surface area (Å²) in [7, 11) is 0. The van der Waals surface area contributed by atoms with E-state index in [2.05, 4.69) is 23.8 Å². The first-order chi connectivity index (χ1) is 10.1. The van der Waals surface area contributed by atoms with Crippen molar-refractivity contribution in [2.24, 2.45) is 5.73 Å². The van der Waals surface area contributed by atoms with Crippen molar-refractivity contribution in [3.8, 4) is 0 Å². The molecule has 2 aromatic rings. The third-order valence-electron chi connectivity index (χ3n) is 3.27. The Labute approximate surface area is 129 Å². The maximum atomic E-state index is 11.7. The summed E-state index contributed by atoms with van der Waals surface area (Å²) >= 11 is 1.51. The second kappa shape index (κ2) is 7.43. The molecule has 1 aromatic heterocycles. The third-order valence-corrected chi connectivity index (χ3v) is 4.35. The predicted molar refractivity (Wildman–Crippen MR) is 87.5 cm³/mol. The number of aromatic amines is 1. The number of thioether (sulfide) groups is 1. The number of rotatable bonds is 6. The zero-order chi connectivity index (χ0) is 15.2. The first kappa shape index (κ1) is 15.8. The molecular formula is C16H21N3OS. The number of nitrogens with two attached hydrogens (primary N) is 1. The summed E-state index contributed by atoms with van der Waals surface area (Å²) < 4.78 is 0. The Morgan fingerprint density at radius 2 is 2.05 bits per heavy atom. The van der Waals surface area contributed by atoms with Crippen molar-refractivity contribution in [1.29, 1.82) is 0 Å². The van der Waals surface area contributed by atoms with Gasteiger partial charge in [0.2, 0.25) is 0 Å². The molecule has 2 rings (SSSR count). The molecule has 4 nitrogen and oxygen atoms in total. The van der Waals surface area contributed by atoms with Crippen LogP contribution in [0, 0.1) is 0 Å². The molecule has 2 unspecified atom stereocenters. The van der Waals surface area contributed by atoms with Crippen molar-refractivity contribution in [3.05, 3.63) is 58.0 Å². The number of hydrogen-bond acceptors (Lipinski definition) is 4. The second-order valence-electron chi connectivity index (χ2n) is 5.05. The average molecular weight is 303 g/mol. The molecule has 0 aliphatic heterocycles. The molecule has 5 heteroatoms. The molecule has 0 saturated heterocycles. The van der Waals surface area contributed by atoms with E-state index in [0.717, 1.165) is 24.1 Å². The number of aryl methyl sites for hydroxylation is 1. The summed E-state index contributed by atoms with van der Waals surface area (Å²) in [4.78, 5) is 18.9. The standard InChI is InChI=1S/C16H21N3OS/c1-3-7-13-10-14(20)19-16(18-13)21-11(2)15(17)12-8-5-4-6-9-12/h4-6,8-11,15H,3,7,17H2,1-2H3,(H,18,19,20). The molecule has 0 aliphatic carbocycles. The summed E-state index contributed by atoms with van der Waals surface area (Å²) in [6.07, 6.45) is 1.79. The lowest BCUT2D eigenvalue weighted by Gasteiger charge is -2.19. The highest BCUT2D eigenvalue weighted by atomic mass is 32.2. The Morgan fingerprint density at radius 1 is 1.33 bits per heavy atom. The van der Waals surface area contributed by atoms with Gasteiger partial charge >= 0.3 is 0 Å². The van der Waals surface area contributed by atoms with E-state index in [4.69, 9.17) is 5.73 Å². The normalized spacial score (nSPS) is 13.9. The van der Waals surface area contributed by atoms with Crippen molar-refractivity contribution in [2.45, 2.75) is 43.1 Å². The van der Waals surface area contributed by atoms with E-state index in [0.29, 0.717) is 5.16 Å². The largest absolute Gasteiger partial charge is 0.323 e. The van der Waals surface area contributed by atoms with E-state index in [9.17, 15) is 4.79 Å². The Balaban J connectivity index is 2.12. The van der Waals surface area contributed by atoms with Gasteiger partial charge in [-0.1, -0.05) is 62.4 Å². The van der Waals surface area contributed by atoms with Crippen LogP contribution in [0.3, 0.4) is 0 Å². The Hall–Kier alpha value is -1.59. The van der Waals surface area contributed by atoms with Gasteiger partial charge in [0.15, 0.2) is 5.16 Å². The summed E-state index contributed by atoms with van der Waals surface area (Å²) in [6, 6.07) is 11.4. The Bertz CT molecular complexity index is 627. The highest BCUT2D eigenvalue weighted by Crippen LogP contribution is 2.28. The first-order valence-electron chi connectivity index (χ1n) is 7.17. The van der Waals surface area contributed by atoms with Gasteiger partial charge in [-0.25, -0.2) is 4.98 Å². The van der Waals surface area contributed by atoms with Gasteiger partial charge in [-0.3, -0.25) is 4.79 Å². The smallest absolute Gasteiger partial charge is 0.251 e. The molecule has 112 valence electrons. The SMILES string of the molecule is CCCc1cc(=O)[nH]c(SC(C)C(N)c2ccccc2)n1. The monoisotopic (exact) mass is 303 g/mol. The molecule has 0 radical (unpaired) electrons. The van der Waals surface area contributed by atoms with Crippen molar-refractivity contribution in [2.75, 3.05) is 0 Å². The summed E-state index contributed by atoms with van der Waals surface area (Å²) in [5.41, 5.74) is 8.10. The van der Waals surface area contributed by atoms with Crippen LogP contribution in [0.2, 0.25) is 0 Å². The fraction of sp³-hybridized carbons (Fsp3) is 0.375. The van der Waals surface area contributed by atoms with Gasteiger partial charge in [-0.2, -0.15) is 0 Å². The number of aromatic nitrogens is 2. The van der Waals surface area contributed by atoms with Gasteiger partial charge in [0.1, 0.15) is 0 Å². The van der Waals surface area contributed by atoms with Crippen LogP contribution in [0.15, 0.2) is 46.3 Å².